The van der Waals surface area contributed by atoms with E-state index in [-0.39, 0.29) is 36.1 Å². The number of carbonyl (C=O) groups excluding carboxylic acids is 2. The highest BCUT2D eigenvalue weighted by molar-refractivity contribution is 8.13. The van der Waals surface area contributed by atoms with Crippen molar-refractivity contribution < 1.29 is 33.0 Å². The molecule has 3 fully saturated rings. The quantitative estimate of drug-likeness (QED) is 0.428. The van der Waals surface area contributed by atoms with Crippen LogP contribution >= 0.6 is 11.8 Å². The highest BCUT2D eigenvalue weighted by Gasteiger charge is 2.73. The van der Waals surface area contributed by atoms with Gasteiger partial charge in [0, 0.05) is 23.4 Å². The van der Waals surface area contributed by atoms with E-state index >= 15 is 0 Å². The van der Waals surface area contributed by atoms with Gasteiger partial charge in [0.2, 0.25) is 5.12 Å². The zero-order valence-electron chi connectivity index (χ0n) is 24.5. The largest absolute Gasteiger partial charge is 0.448 e. The molecule has 10 heteroatoms. The Bertz CT molecular complexity index is 1440. The fraction of sp³-hybridized carbons (Fsp3) is 0.594. The molecule has 1 heterocycles. The van der Waals surface area contributed by atoms with Gasteiger partial charge in [0.05, 0.1) is 23.7 Å². The standard InChI is InChI=1S/C32H38F2N2O5S/c1-29-14-19-16-35-36(22-8-6-21(34)7-9-22)25(19)13-20(29)5-10-24-23-11-12-32(28(39)42-18-33,41-27(38)17-40-4)30(23,2)15-26(37)31(24,29)3/h6-9,13,16,23-24,26,37H,5,10-12,14-15,17-18H2,1-4H3/t23?,24-,26-,29-,30-,31+,32-/m0/s1. The molecular formula is C32H38F2N2O5S. The second-order valence-electron chi connectivity index (χ2n) is 13.1. The summed E-state index contributed by atoms with van der Waals surface area (Å²) in [6.45, 7) is 6.06. The summed E-state index contributed by atoms with van der Waals surface area (Å²) < 4.78 is 39.9. The van der Waals surface area contributed by atoms with Crippen LogP contribution in [0.25, 0.3) is 11.8 Å². The number of carbonyl (C=O) groups is 2. The van der Waals surface area contributed by atoms with E-state index in [9.17, 15) is 23.5 Å². The summed E-state index contributed by atoms with van der Waals surface area (Å²) in [4.78, 5) is 26.3. The lowest BCUT2D eigenvalue weighted by Crippen LogP contribution is -2.67. The summed E-state index contributed by atoms with van der Waals surface area (Å²) in [6.07, 6.45) is 6.77. The van der Waals surface area contributed by atoms with Gasteiger partial charge in [-0.05, 0) is 98.0 Å². The van der Waals surface area contributed by atoms with Gasteiger partial charge in [0.25, 0.3) is 0 Å². The Morgan fingerprint density at radius 3 is 2.60 bits per heavy atom. The molecule has 1 aromatic heterocycles. The van der Waals surface area contributed by atoms with Crippen LogP contribution in [0, 0.1) is 33.9 Å². The van der Waals surface area contributed by atoms with Crippen molar-refractivity contribution in [2.24, 2.45) is 28.1 Å². The molecule has 0 aliphatic heterocycles. The summed E-state index contributed by atoms with van der Waals surface area (Å²) >= 11 is 0.538. The highest BCUT2D eigenvalue weighted by atomic mass is 32.2. The highest BCUT2D eigenvalue weighted by Crippen LogP contribution is 2.73. The lowest BCUT2D eigenvalue weighted by atomic mass is 9.39. The number of allylic oxidation sites excluding steroid dienone is 1. The normalized spacial score (nSPS) is 36.7. The van der Waals surface area contributed by atoms with Crippen molar-refractivity contribution in [2.45, 2.75) is 71.0 Å². The summed E-state index contributed by atoms with van der Waals surface area (Å²) in [5, 5.41) is 16.3. The Labute approximate surface area is 249 Å². The molecule has 7 atom stereocenters. The SMILES string of the molecule is COCC(=O)O[C@]1(C(=O)SCF)CCC2[C@@H]3CCC4=Cc5c(cnn5-c5ccc(F)cc5)C[C@]4(C)[C@@]3(C)[C@@H](O)C[C@@]21C. The first-order chi connectivity index (χ1) is 19.9. The Morgan fingerprint density at radius 2 is 1.90 bits per heavy atom. The van der Waals surface area contributed by atoms with Crippen LogP contribution in [0.5, 0.6) is 0 Å². The summed E-state index contributed by atoms with van der Waals surface area (Å²) in [5.74, 6) is -0.918. The molecule has 4 aliphatic rings. The van der Waals surface area contributed by atoms with Gasteiger partial charge in [-0.15, -0.1) is 0 Å². The third-order valence-electron chi connectivity index (χ3n) is 11.6. The Kier molecular flexibility index (Phi) is 7.21. The number of halogens is 2. The van der Waals surface area contributed by atoms with Crippen LogP contribution in [0.4, 0.5) is 8.78 Å². The van der Waals surface area contributed by atoms with Crippen LogP contribution in [0.3, 0.4) is 0 Å². The van der Waals surface area contributed by atoms with E-state index in [0.29, 0.717) is 31.0 Å². The molecule has 3 saturated carbocycles. The Hall–Kier alpha value is -2.56. The number of aliphatic hydroxyl groups excluding tert-OH is 1. The van der Waals surface area contributed by atoms with Crippen LogP contribution in [-0.4, -0.2) is 57.4 Å². The van der Waals surface area contributed by atoms with E-state index in [1.807, 2.05) is 17.8 Å². The van der Waals surface area contributed by atoms with Crippen molar-refractivity contribution in [3.8, 4) is 5.69 Å². The lowest BCUT2D eigenvalue weighted by molar-refractivity contribution is -0.220. The topological polar surface area (TPSA) is 90.7 Å². The molecule has 1 aromatic carbocycles. The molecule has 0 radical (unpaired) electrons. The fourth-order valence-corrected chi connectivity index (χ4v) is 10.0. The molecular weight excluding hydrogens is 562 g/mol. The van der Waals surface area contributed by atoms with Crippen molar-refractivity contribution in [3.05, 3.63) is 53.1 Å². The van der Waals surface area contributed by atoms with E-state index in [4.69, 9.17) is 9.47 Å². The van der Waals surface area contributed by atoms with Gasteiger partial charge < -0.3 is 14.6 Å². The monoisotopic (exact) mass is 600 g/mol. The fourth-order valence-electron chi connectivity index (χ4n) is 9.32. The minimum absolute atomic E-state index is 0.00730. The zero-order chi connectivity index (χ0) is 30.1. The minimum atomic E-state index is -1.53. The van der Waals surface area contributed by atoms with Crippen LogP contribution < -0.4 is 0 Å². The molecule has 4 aliphatic carbocycles. The van der Waals surface area contributed by atoms with Gasteiger partial charge >= 0.3 is 5.97 Å². The minimum Gasteiger partial charge on any atom is -0.448 e. The molecule has 6 rings (SSSR count). The van der Waals surface area contributed by atoms with Gasteiger partial charge in [-0.25, -0.2) is 18.3 Å². The number of hydrogen-bond acceptors (Lipinski definition) is 7. The first-order valence-electron chi connectivity index (χ1n) is 14.6. The number of esters is 1. The van der Waals surface area contributed by atoms with Crippen molar-refractivity contribution >= 4 is 28.9 Å². The number of rotatable bonds is 6. The van der Waals surface area contributed by atoms with Crippen LogP contribution in [-0.2, 0) is 25.5 Å². The number of ether oxygens (including phenoxy) is 2. The van der Waals surface area contributed by atoms with E-state index in [2.05, 4.69) is 25.0 Å². The molecule has 2 aromatic rings. The molecule has 1 unspecified atom stereocenters. The number of methoxy groups -OCH3 is 1. The molecule has 1 N–H and O–H groups in total. The number of nitrogens with zero attached hydrogens (tertiary/aromatic N) is 2. The van der Waals surface area contributed by atoms with Crippen molar-refractivity contribution in [3.63, 3.8) is 0 Å². The molecule has 7 nitrogen and oxygen atoms in total. The van der Waals surface area contributed by atoms with Crippen LogP contribution in [0.1, 0.15) is 64.1 Å². The van der Waals surface area contributed by atoms with E-state index < -0.39 is 39.6 Å². The molecule has 0 spiro atoms. The first kappa shape index (κ1) is 29.5. The Balaban J connectivity index is 1.38. The average molecular weight is 601 g/mol. The predicted molar refractivity (Wildman–Crippen MR) is 155 cm³/mol. The lowest BCUT2D eigenvalue weighted by Gasteiger charge is -2.66. The summed E-state index contributed by atoms with van der Waals surface area (Å²) in [6, 6.07) is 5.37. The molecule has 226 valence electrons. The van der Waals surface area contributed by atoms with Gasteiger partial charge in [-0.1, -0.05) is 26.3 Å². The first-order valence-corrected chi connectivity index (χ1v) is 15.6. The number of hydrogen-bond donors (Lipinski definition) is 1. The van der Waals surface area contributed by atoms with E-state index in [1.54, 1.807) is 12.1 Å². The average Bonchev–Trinajstić information content (AvgIpc) is 3.47. The smallest absolute Gasteiger partial charge is 0.333 e. The van der Waals surface area contributed by atoms with Gasteiger partial charge in [0.15, 0.2) is 5.60 Å². The number of alkyl halides is 1. The van der Waals surface area contributed by atoms with Gasteiger partial charge in [-0.3, -0.25) is 4.79 Å². The third-order valence-corrected chi connectivity index (χ3v) is 12.3. The van der Waals surface area contributed by atoms with Crippen molar-refractivity contribution in [1.82, 2.24) is 9.78 Å². The molecule has 0 amide bonds. The molecule has 0 saturated heterocycles. The second-order valence-corrected chi connectivity index (χ2v) is 14.0. The maximum Gasteiger partial charge on any atom is 0.333 e. The number of aromatic nitrogens is 2. The molecule has 42 heavy (non-hydrogen) atoms. The number of aliphatic hydroxyl groups is 1. The van der Waals surface area contributed by atoms with E-state index in [1.165, 1.54) is 24.8 Å². The second kappa shape index (κ2) is 10.3. The number of benzene rings is 1. The maximum absolute atomic E-state index is 13.6. The summed E-state index contributed by atoms with van der Waals surface area (Å²) in [5.41, 5.74) is 0.786. The van der Waals surface area contributed by atoms with Gasteiger partial charge in [-0.2, -0.15) is 5.10 Å². The predicted octanol–water partition coefficient (Wildman–Crippen LogP) is 5.67. The summed E-state index contributed by atoms with van der Waals surface area (Å²) in [7, 11) is 1.38. The van der Waals surface area contributed by atoms with Crippen molar-refractivity contribution in [2.75, 3.05) is 19.7 Å². The Morgan fingerprint density at radius 1 is 1.17 bits per heavy atom. The zero-order valence-corrected chi connectivity index (χ0v) is 25.3. The number of thioether (sulfide) groups is 1. The third kappa shape index (κ3) is 3.93. The van der Waals surface area contributed by atoms with Crippen LogP contribution in [0.15, 0.2) is 36.0 Å². The van der Waals surface area contributed by atoms with Gasteiger partial charge in [0.1, 0.15) is 18.4 Å². The van der Waals surface area contributed by atoms with Crippen LogP contribution in [0.2, 0.25) is 0 Å². The number of fused-ring (bicyclic) bond motifs is 6. The van der Waals surface area contributed by atoms with E-state index in [0.717, 1.165) is 29.8 Å². The van der Waals surface area contributed by atoms with Crippen molar-refractivity contribution in [1.29, 1.82) is 0 Å². The molecule has 0 bridgehead atoms. The maximum atomic E-state index is 13.6.